The van der Waals surface area contributed by atoms with Crippen molar-refractivity contribution in [2.75, 3.05) is 11.9 Å². The SMILES string of the molecule is CC(C)(CO)NC(=O)C(=O)Nc1ccccc1C(F)(F)F. The Balaban J connectivity index is 2.88. The molecule has 0 heterocycles. The Morgan fingerprint density at radius 2 is 1.71 bits per heavy atom. The van der Waals surface area contributed by atoms with Crippen molar-refractivity contribution in [3.63, 3.8) is 0 Å². The number of anilines is 1. The zero-order valence-corrected chi connectivity index (χ0v) is 11.4. The Bertz CT molecular complexity index is 542. The highest BCUT2D eigenvalue weighted by molar-refractivity contribution is 6.39. The largest absolute Gasteiger partial charge is 0.418 e. The third-order valence-electron chi connectivity index (χ3n) is 2.53. The Morgan fingerprint density at radius 1 is 1.14 bits per heavy atom. The standard InChI is InChI=1S/C13H15F3N2O3/c1-12(2,7-19)18-11(21)10(20)17-9-6-4-3-5-8(9)13(14,15)16/h3-6,19H,7H2,1-2H3,(H,17,20)(H,18,21). The van der Waals surface area contributed by atoms with Gasteiger partial charge >= 0.3 is 18.0 Å². The van der Waals surface area contributed by atoms with E-state index in [-0.39, 0.29) is 0 Å². The van der Waals surface area contributed by atoms with E-state index < -0.39 is 41.4 Å². The van der Waals surface area contributed by atoms with Crippen LogP contribution in [0.25, 0.3) is 0 Å². The number of nitrogens with one attached hydrogen (secondary N) is 2. The van der Waals surface area contributed by atoms with E-state index in [0.717, 1.165) is 12.1 Å². The van der Waals surface area contributed by atoms with Gasteiger partial charge in [-0.3, -0.25) is 9.59 Å². The zero-order valence-electron chi connectivity index (χ0n) is 11.4. The average Bonchev–Trinajstić information content (AvgIpc) is 2.37. The second-order valence-electron chi connectivity index (χ2n) is 4.99. The van der Waals surface area contributed by atoms with Crippen molar-refractivity contribution in [2.24, 2.45) is 0 Å². The van der Waals surface area contributed by atoms with Crippen LogP contribution in [0.2, 0.25) is 0 Å². The van der Waals surface area contributed by atoms with Gasteiger partial charge in [-0.1, -0.05) is 12.1 Å². The fourth-order valence-corrected chi connectivity index (χ4v) is 1.42. The fraction of sp³-hybridized carbons (Fsp3) is 0.385. The van der Waals surface area contributed by atoms with Gasteiger partial charge in [0, 0.05) is 0 Å². The summed E-state index contributed by atoms with van der Waals surface area (Å²) in [6.07, 6.45) is -4.65. The third kappa shape index (κ3) is 4.75. The average molecular weight is 304 g/mol. The van der Waals surface area contributed by atoms with E-state index in [1.807, 2.05) is 5.32 Å². The van der Waals surface area contributed by atoms with E-state index in [1.165, 1.54) is 26.0 Å². The molecule has 0 saturated heterocycles. The number of halogens is 3. The van der Waals surface area contributed by atoms with Crippen LogP contribution in [0.15, 0.2) is 24.3 Å². The Morgan fingerprint density at radius 3 is 2.24 bits per heavy atom. The quantitative estimate of drug-likeness (QED) is 0.741. The molecule has 0 bridgehead atoms. The first-order chi connectivity index (χ1) is 9.57. The molecule has 5 nitrogen and oxygen atoms in total. The van der Waals surface area contributed by atoms with Crippen LogP contribution in [-0.2, 0) is 15.8 Å². The lowest BCUT2D eigenvalue weighted by Gasteiger charge is -2.23. The van der Waals surface area contributed by atoms with Crippen molar-refractivity contribution >= 4 is 17.5 Å². The minimum Gasteiger partial charge on any atom is -0.394 e. The van der Waals surface area contributed by atoms with E-state index >= 15 is 0 Å². The lowest BCUT2D eigenvalue weighted by atomic mass is 10.1. The smallest absolute Gasteiger partial charge is 0.394 e. The molecule has 0 spiro atoms. The monoisotopic (exact) mass is 304 g/mol. The van der Waals surface area contributed by atoms with Crippen LogP contribution in [-0.4, -0.2) is 29.1 Å². The summed E-state index contributed by atoms with van der Waals surface area (Å²) < 4.78 is 38.2. The molecule has 1 rings (SSSR count). The normalized spacial score (nSPS) is 11.9. The predicted octanol–water partition coefficient (Wildman–Crippen LogP) is 1.53. The van der Waals surface area contributed by atoms with Gasteiger partial charge in [0.1, 0.15) is 0 Å². The highest BCUT2D eigenvalue weighted by atomic mass is 19.4. The molecule has 0 saturated carbocycles. The van der Waals surface area contributed by atoms with Crippen LogP contribution >= 0.6 is 0 Å². The van der Waals surface area contributed by atoms with Crippen molar-refractivity contribution in [1.82, 2.24) is 5.32 Å². The van der Waals surface area contributed by atoms with E-state index in [9.17, 15) is 22.8 Å². The number of benzene rings is 1. The molecule has 116 valence electrons. The molecule has 0 fully saturated rings. The Labute approximate surface area is 119 Å². The van der Waals surface area contributed by atoms with Gasteiger partial charge in [0.25, 0.3) is 0 Å². The van der Waals surface area contributed by atoms with Crippen molar-refractivity contribution in [2.45, 2.75) is 25.6 Å². The van der Waals surface area contributed by atoms with Crippen LogP contribution in [0.3, 0.4) is 0 Å². The molecule has 0 aliphatic rings. The molecular weight excluding hydrogens is 289 g/mol. The molecule has 0 unspecified atom stereocenters. The van der Waals surface area contributed by atoms with Crippen molar-refractivity contribution in [1.29, 1.82) is 0 Å². The summed E-state index contributed by atoms with van der Waals surface area (Å²) in [5.74, 6) is -2.38. The molecule has 8 heteroatoms. The number of amides is 2. The van der Waals surface area contributed by atoms with Gasteiger partial charge in [-0.15, -0.1) is 0 Å². The predicted molar refractivity (Wildman–Crippen MR) is 69.4 cm³/mol. The maximum Gasteiger partial charge on any atom is 0.418 e. The number of hydrogen-bond acceptors (Lipinski definition) is 3. The number of alkyl halides is 3. The molecule has 0 aliphatic carbocycles. The minimum atomic E-state index is -4.65. The summed E-state index contributed by atoms with van der Waals surface area (Å²) >= 11 is 0. The molecule has 1 aromatic rings. The summed E-state index contributed by atoms with van der Waals surface area (Å²) in [4.78, 5) is 23.2. The Hall–Kier alpha value is -2.09. The van der Waals surface area contributed by atoms with Crippen LogP contribution in [0, 0.1) is 0 Å². The molecule has 2 amide bonds. The van der Waals surface area contributed by atoms with Gasteiger partial charge in [0.05, 0.1) is 23.4 Å². The molecule has 0 aliphatic heterocycles. The topological polar surface area (TPSA) is 78.4 Å². The summed E-state index contributed by atoms with van der Waals surface area (Å²) in [7, 11) is 0. The molecule has 21 heavy (non-hydrogen) atoms. The first-order valence-corrected chi connectivity index (χ1v) is 5.97. The van der Waals surface area contributed by atoms with Gasteiger partial charge in [-0.05, 0) is 26.0 Å². The van der Waals surface area contributed by atoms with Crippen molar-refractivity contribution < 1.29 is 27.9 Å². The van der Waals surface area contributed by atoms with Gasteiger partial charge in [-0.2, -0.15) is 13.2 Å². The number of aliphatic hydroxyl groups is 1. The number of para-hydroxylation sites is 1. The highest BCUT2D eigenvalue weighted by Crippen LogP contribution is 2.34. The second kappa shape index (κ2) is 6.13. The van der Waals surface area contributed by atoms with Gasteiger partial charge in [0.2, 0.25) is 0 Å². The second-order valence-corrected chi connectivity index (χ2v) is 4.99. The van der Waals surface area contributed by atoms with E-state index in [1.54, 1.807) is 0 Å². The summed E-state index contributed by atoms with van der Waals surface area (Å²) in [5, 5.41) is 13.1. The van der Waals surface area contributed by atoms with Gasteiger partial charge in [-0.25, -0.2) is 0 Å². The minimum absolute atomic E-state index is 0.425. The molecule has 0 radical (unpaired) electrons. The van der Waals surface area contributed by atoms with Crippen LogP contribution in [0.4, 0.5) is 18.9 Å². The molecule has 0 atom stereocenters. The first-order valence-electron chi connectivity index (χ1n) is 5.97. The number of carbonyl (C=O) groups excluding carboxylic acids is 2. The van der Waals surface area contributed by atoms with Crippen molar-refractivity contribution in [3.05, 3.63) is 29.8 Å². The zero-order chi connectivity index (χ0) is 16.3. The number of rotatable bonds is 3. The number of aliphatic hydroxyl groups excluding tert-OH is 1. The maximum absolute atomic E-state index is 12.7. The van der Waals surface area contributed by atoms with Crippen LogP contribution < -0.4 is 10.6 Å². The fourth-order valence-electron chi connectivity index (χ4n) is 1.42. The molecular formula is C13H15F3N2O3. The number of carbonyl (C=O) groups is 2. The van der Waals surface area contributed by atoms with Crippen molar-refractivity contribution in [3.8, 4) is 0 Å². The van der Waals surface area contributed by atoms with Crippen LogP contribution in [0.5, 0.6) is 0 Å². The Kier molecular flexibility index (Phi) is 4.95. The van der Waals surface area contributed by atoms with Gasteiger partial charge in [0.15, 0.2) is 0 Å². The lowest BCUT2D eigenvalue weighted by Crippen LogP contribution is -2.50. The summed E-state index contributed by atoms with van der Waals surface area (Å²) in [6.45, 7) is 2.49. The first kappa shape index (κ1) is 17.0. The third-order valence-corrected chi connectivity index (χ3v) is 2.53. The van der Waals surface area contributed by atoms with Crippen LogP contribution in [0.1, 0.15) is 19.4 Å². The van der Waals surface area contributed by atoms with E-state index in [0.29, 0.717) is 0 Å². The highest BCUT2D eigenvalue weighted by Gasteiger charge is 2.34. The maximum atomic E-state index is 12.7. The molecule has 1 aromatic carbocycles. The van der Waals surface area contributed by atoms with Gasteiger partial charge < -0.3 is 15.7 Å². The number of hydrogen-bond donors (Lipinski definition) is 3. The van der Waals surface area contributed by atoms with E-state index in [2.05, 4.69) is 5.32 Å². The molecule has 3 N–H and O–H groups in total. The lowest BCUT2D eigenvalue weighted by molar-refractivity contribution is -0.138. The summed E-state index contributed by atoms with van der Waals surface area (Å²) in [5.41, 5.74) is -2.61. The van der Waals surface area contributed by atoms with E-state index in [4.69, 9.17) is 5.11 Å². The summed E-state index contributed by atoms with van der Waals surface area (Å²) in [6, 6.07) is 4.32. The molecule has 0 aromatic heterocycles.